The van der Waals surface area contributed by atoms with E-state index in [2.05, 4.69) is 10.3 Å². The molecule has 0 atom stereocenters. The van der Waals surface area contributed by atoms with Gasteiger partial charge in [-0.2, -0.15) is 0 Å². The van der Waals surface area contributed by atoms with Crippen LogP contribution in [0.15, 0.2) is 4.99 Å². The van der Waals surface area contributed by atoms with Crippen molar-refractivity contribution in [1.82, 2.24) is 10.2 Å². The number of carbonyl (C=O) groups excluding carboxylic acids is 1. The number of likely N-dealkylation sites (N-methyl/N-ethyl adjacent to an activating group) is 1. The topological polar surface area (TPSA) is 80.0 Å². The molecular formula is C14H30N4O2. The second-order valence-electron chi connectivity index (χ2n) is 6.70. The van der Waals surface area contributed by atoms with Crippen LogP contribution >= 0.6 is 0 Å². The van der Waals surface area contributed by atoms with Gasteiger partial charge in [0.05, 0.1) is 6.54 Å². The molecule has 0 spiro atoms. The quantitative estimate of drug-likeness (QED) is 0.611. The summed E-state index contributed by atoms with van der Waals surface area (Å²) < 4.78 is 5.32. The van der Waals surface area contributed by atoms with Gasteiger partial charge in [0.1, 0.15) is 5.60 Å². The van der Waals surface area contributed by atoms with Gasteiger partial charge in [0.15, 0.2) is 5.96 Å². The molecule has 6 heteroatoms. The average Bonchev–Trinajstić information content (AvgIpc) is 2.18. The molecule has 0 saturated carbocycles. The van der Waals surface area contributed by atoms with Gasteiger partial charge < -0.3 is 20.7 Å². The maximum atomic E-state index is 11.9. The minimum Gasteiger partial charge on any atom is -0.444 e. The molecular weight excluding hydrogens is 256 g/mol. The van der Waals surface area contributed by atoms with Gasteiger partial charge in [-0.15, -0.1) is 0 Å². The largest absolute Gasteiger partial charge is 0.444 e. The normalized spacial score (nSPS) is 13.1. The van der Waals surface area contributed by atoms with Gasteiger partial charge in [-0.05, 0) is 48.5 Å². The van der Waals surface area contributed by atoms with Crippen LogP contribution in [0.25, 0.3) is 0 Å². The van der Waals surface area contributed by atoms with Gasteiger partial charge in [0.25, 0.3) is 0 Å². The Hall–Kier alpha value is -1.46. The van der Waals surface area contributed by atoms with E-state index in [9.17, 15) is 4.79 Å². The zero-order valence-corrected chi connectivity index (χ0v) is 13.9. The Bertz CT molecular complexity index is 340. The Morgan fingerprint density at radius 1 is 1.25 bits per heavy atom. The van der Waals surface area contributed by atoms with Crippen molar-refractivity contribution in [2.75, 3.05) is 19.6 Å². The number of amides is 1. The van der Waals surface area contributed by atoms with Crippen LogP contribution < -0.4 is 11.1 Å². The maximum absolute atomic E-state index is 11.9. The summed E-state index contributed by atoms with van der Waals surface area (Å²) in [6.07, 6.45) is -0.322. The number of guanidine groups is 1. The van der Waals surface area contributed by atoms with E-state index in [1.807, 2.05) is 48.5 Å². The molecule has 0 aliphatic rings. The molecule has 0 heterocycles. The van der Waals surface area contributed by atoms with Crippen LogP contribution in [0.5, 0.6) is 0 Å². The molecule has 1 amide bonds. The third kappa shape index (κ3) is 9.47. The molecule has 20 heavy (non-hydrogen) atoms. The van der Waals surface area contributed by atoms with Crippen LogP contribution in [0.2, 0.25) is 0 Å². The molecule has 0 saturated heterocycles. The Labute approximate surface area is 122 Å². The fourth-order valence-electron chi connectivity index (χ4n) is 1.42. The van der Waals surface area contributed by atoms with Gasteiger partial charge in [-0.1, -0.05) is 0 Å². The molecule has 0 aliphatic carbocycles. The maximum Gasteiger partial charge on any atom is 0.410 e. The predicted octanol–water partition coefficient (Wildman–Crippen LogP) is 1.95. The lowest BCUT2D eigenvalue weighted by Gasteiger charge is -2.26. The molecule has 0 rings (SSSR count). The average molecular weight is 286 g/mol. The number of aliphatic imine (C=N–C) groups is 1. The lowest BCUT2D eigenvalue weighted by Crippen LogP contribution is -2.45. The van der Waals surface area contributed by atoms with Crippen LogP contribution in [0.3, 0.4) is 0 Å². The Kier molecular flexibility index (Phi) is 6.82. The zero-order chi connectivity index (χ0) is 16.0. The fourth-order valence-corrected chi connectivity index (χ4v) is 1.42. The minimum absolute atomic E-state index is 0.122. The van der Waals surface area contributed by atoms with E-state index in [0.29, 0.717) is 25.6 Å². The standard InChI is InChI=1S/C14H30N4O2/c1-8-18(12(19)20-14(5,6)7)10-9-16-11(15)17-13(2,3)4/h8-10H2,1-7H3,(H3,15,16,17). The molecule has 0 aromatic carbocycles. The van der Waals surface area contributed by atoms with E-state index in [0.717, 1.165) is 0 Å². The molecule has 0 aromatic heterocycles. The van der Waals surface area contributed by atoms with E-state index in [1.165, 1.54) is 0 Å². The van der Waals surface area contributed by atoms with Crippen molar-refractivity contribution in [3.63, 3.8) is 0 Å². The van der Waals surface area contributed by atoms with Gasteiger partial charge in [-0.25, -0.2) is 4.79 Å². The zero-order valence-electron chi connectivity index (χ0n) is 13.9. The summed E-state index contributed by atoms with van der Waals surface area (Å²) in [5.74, 6) is 0.387. The summed E-state index contributed by atoms with van der Waals surface area (Å²) in [6, 6.07) is 0. The second-order valence-corrected chi connectivity index (χ2v) is 6.70. The summed E-state index contributed by atoms with van der Waals surface area (Å²) in [5.41, 5.74) is 5.16. The third-order valence-electron chi connectivity index (χ3n) is 2.19. The van der Waals surface area contributed by atoms with Gasteiger partial charge in [-0.3, -0.25) is 4.99 Å². The van der Waals surface area contributed by atoms with Gasteiger partial charge in [0.2, 0.25) is 0 Å². The van der Waals surface area contributed by atoms with E-state index < -0.39 is 5.60 Å². The third-order valence-corrected chi connectivity index (χ3v) is 2.19. The van der Waals surface area contributed by atoms with Crippen LogP contribution in [0.4, 0.5) is 4.79 Å². The van der Waals surface area contributed by atoms with Crippen LogP contribution in [0.1, 0.15) is 48.5 Å². The number of nitrogens with one attached hydrogen (secondary N) is 1. The number of nitrogens with zero attached hydrogens (tertiary/aromatic N) is 2. The van der Waals surface area contributed by atoms with Crippen molar-refractivity contribution in [3.8, 4) is 0 Å². The minimum atomic E-state index is -0.486. The lowest BCUT2D eigenvalue weighted by molar-refractivity contribution is 0.0266. The van der Waals surface area contributed by atoms with Crippen molar-refractivity contribution in [2.45, 2.75) is 59.6 Å². The molecule has 0 radical (unpaired) electrons. The summed E-state index contributed by atoms with van der Waals surface area (Å²) in [5, 5.41) is 3.07. The number of nitrogens with two attached hydrogens (primary N) is 1. The highest BCUT2D eigenvalue weighted by Crippen LogP contribution is 2.09. The molecule has 0 aromatic rings. The van der Waals surface area contributed by atoms with Crippen LogP contribution in [-0.2, 0) is 4.74 Å². The molecule has 0 aliphatic heterocycles. The van der Waals surface area contributed by atoms with Gasteiger partial charge in [0, 0.05) is 18.6 Å². The molecule has 0 bridgehead atoms. The number of hydrogen-bond acceptors (Lipinski definition) is 3. The SMILES string of the molecule is CCN(CCN=C(N)NC(C)(C)C)C(=O)OC(C)(C)C. The Balaban J connectivity index is 4.33. The first-order chi connectivity index (χ1) is 8.94. The van der Waals surface area contributed by atoms with Crippen molar-refractivity contribution >= 4 is 12.1 Å². The molecule has 6 nitrogen and oxygen atoms in total. The highest BCUT2D eigenvalue weighted by Gasteiger charge is 2.20. The van der Waals surface area contributed by atoms with E-state index in [1.54, 1.807) is 4.90 Å². The number of carbonyl (C=O) groups is 1. The summed E-state index contributed by atoms with van der Waals surface area (Å²) in [6.45, 7) is 15.0. The molecule has 118 valence electrons. The first kappa shape index (κ1) is 18.5. The van der Waals surface area contributed by atoms with Crippen LogP contribution in [0, 0.1) is 0 Å². The number of hydrogen-bond donors (Lipinski definition) is 2. The van der Waals surface area contributed by atoms with Crippen molar-refractivity contribution < 1.29 is 9.53 Å². The molecule has 0 fully saturated rings. The molecule has 0 unspecified atom stereocenters. The number of rotatable bonds is 4. The monoisotopic (exact) mass is 286 g/mol. The fraction of sp³-hybridized carbons (Fsp3) is 0.857. The lowest BCUT2D eigenvalue weighted by atomic mass is 10.1. The number of ether oxygens (including phenoxy) is 1. The van der Waals surface area contributed by atoms with Crippen molar-refractivity contribution in [2.24, 2.45) is 10.7 Å². The first-order valence-corrected chi connectivity index (χ1v) is 7.00. The predicted molar refractivity (Wildman–Crippen MR) is 82.9 cm³/mol. The summed E-state index contributed by atoms with van der Waals surface area (Å²) >= 11 is 0. The smallest absolute Gasteiger partial charge is 0.410 e. The highest BCUT2D eigenvalue weighted by atomic mass is 16.6. The first-order valence-electron chi connectivity index (χ1n) is 7.00. The van der Waals surface area contributed by atoms with E-state index >= 15 is 0 Å². The Morgan fingerprint density at radius 3 is 2.20 bits per heavy atom. The Morgan fingerprint density at radius 2 is 1.80 bits per heavy atom. The molecule has 3 N–H and O–H groups in total. The van der Waals surface area contributed by atoms with Gasteiger partial charge >= 0.3 is 6.09 Å². The summed E-state index contributed by atoms with van der Waals surface area (Å²) in [4.78, 5) is 17.7. The van der Waals surface area contributed by atoms with E-state index in [-0.39, 0.29) is 11.6 Å². The van der Waals surface area contributed by atoms with Crippen molar-refractivity contribution in [1.29, 1.82) is 0 Å². The summed E-state index contributed by atoms with van der Waals surface area (Å²) in [7, 11) is 0. The van der Waals surface area contributed by atoms with Crippen molar-refractivity contribution in [3.05, 3.63) is 0 Å². The highest BCUT2D eigenvalue weighted by molar-refractivity contribution is 5.78. The van der Waals surface area contributed by atoms with Crippen LogP contribution in [-0.4, -0.2) is 47.7 Å². The van der Waals surface area contributed by atoms with E-state index in [4.69, 9.17) is 10.5 Å². The second kappa shape index (κ2) is 7.36.